The molecule has 0 radical (unpaired) electrons. The maximum atomic E-state index is 12.2. The number of aliphatic carboxylic acids is 1. The Bertz CT molecular complexity index is 825. The van der Waals surface area contributed by atoms with Gasteiger partial charge in [-0.1, -0.05) is 25.8 Å². The summed E-state index contributed by atoms with van der Waals surface area (Å²) in [5.41, 5.74) is 1.31. The highest BCUT2D eigenvalue weighted by molar-refractivity contribution is 5.91. The zero-order valence-corrected chi connectivity index (χ0v) is 22.2. The lowest BCUT2D eigenvalue weighted by Crippen LogP contribution is -2.56. The Kier molecular flexibility index (Phi) is 7.86. The van der Waals surface area contributed by atoms with E-state index in [-0.39, 0.29) is 35.1 Å². The number of ether oxygens (including phenoxy) is 2. The molecule has 5 aliphatic rings. The fourth-order valence-corrected chi connectivity index (χ4v) is 8.90. The van der Waals surface area contributed by atoms with Crippen molar-refractivity contribution >= 4 is 11.8 Å². The summed E-state index contributed by atoms with van der Waals surface area (Å²) in [7, 11) is 1.84. The third-order valence-corrected chi connectivity index (χ3v) is 10.6. The summed E-state index contributed by atoms with van der Waals surface area (Å²) < 4.78 is 12.9. The van der Waals surface area contributed by atoms with Crippen molar-refractivity contribution in [1.82, 2.24) is 0 Å². The summed E-state index contributed by atoms with van der Waals surface area (Å²) in [5.74, 6) is 1.24. The first-order chi connectivity index (χ1) is 16.6. The molecule has 6 nitrogen and oxygen atoms in total. The average Bonchev–Trinajstić information content (AvgIpc) is 3.16. The number of aliphatic hydroxyl groups excluding tert-OH is 1. The van der Waals surface area contributed by atoms with Gasteiger partial charge in [-0.05, 0) is 86.5 Å². The number of hydrogen-bond donors (Lipinski definition) is 2. The fraction of sp³-hybridized carbons (Fsp3) is 0.862. The molecule has 5 aliphatic carbocycles. The Morgan fingerprint density at radius 3 is 2.40 bits per heavy atom. The topological polar surface area (TPSA) is 93.1 Å². The van der Waals surface area contributed by atoms with Crippen molar-refractivity contribution < 1.29 is 29.3 Å². The smallest absolute Gasteiger partial charge is 0.300 e. The number of methoxy groups -OCH3 is 1. The van der Waals surface area contributed by atoms with Crippen LogP contribution in [0.4, 0.5) is 0 Å². The van der Waals surface area contributed by atoms with E-state index in [2.05, 4.69) is 13.8 Å². The molecule has 198 valence electrons. The molecule has 7 atom stereocenters. The van der Waals surface area contributed by atoms with Gasteiger partial charge in [0.1, 0.15) is 0 Å². The summed E-state index contributed by atoms with van der Waals surface area (Å²) in [4.78, 5) is 21.2. The van der Waals surface area contributed by atoms with Crippen LogP contribution in [-0.2, 0) is 19.1 Å². The van der Waals surface area contributed by atoms with Gasteiger partial charge in [0.25, 0.3) is 5.97 Å². The predicted octanol–water partition coefficient (Wildman–Crippen LogP) is 5.52. The molecular formula is C29H46O6. The van der Waals surface area contributed by atoms with Crippen molar-refractivity contribution in [3.63, 3.8) is 0 Å². The lowest BCUT2D eigenvalue weighted by Gasteiger charge is -2.60. The molecule has 0 heterocycles. The Morgan fingerprint density at radius 1 is 1.09 bits per heavy atom. The first-order valence-corrected chi connectivity index (χ1v) is 13.9. The van der Waals surface area contributed by atoms with E-state index in [0.29, 0.717) is 30.1 Å². The molecule has 4 saturated carbocycles. The molecule has 0 aliphatic heterocycles. The minimum Gasteiger partial charge on any atom is -0.481 e. The van der Waals surface area contributed by atoms with E-state index in [1.807, 2.05) is 13.2 Å². The van der Waals surface area contributed by atoms with Gasteiger partial charge in [-0.15, -0.1) is 0 Å². The van der Waals surface area contributed by atoms with Gasteiger partial charge >= 0.3 is 0 Å². The normalized spacial score (nSPS) is 42.0. The van der Waals surface area contributed by atoms with Crippen LogP contribution in [0.3, 0.4) is 0 Å². The molecule has 2 N–H and O–H groups in total. The number of carbonyl (C=O) groups excluding carboxylic acids is 1. The minimum atomic E-state index is -0.833. The van der Waals surface area contributed by atoms with E-state index in [0.717, 1.165) is 45.4 Å². The van der Waals surface area contributed by atoms with Crippen LogP contribution in [0, 0.1) is 34.5 Å². The Morgan fingerprint density at radius 2 is 1.77 bits per heavy atom. The van der Waals surface area contributed by atoms with Gasteiger partial charge < -0.3 is 19.7 Å². The van der Waals surface area contributed by atoms with Gasteiger partial charge in [0.05, 0.1) is 12.7 Å². The monoisotopic (exact) mass is 490 g/mol. The van der Waals surface area contributed by atoms with E-state index < -0.39 is 5.97 Å². The average molecular weight is 491 g/mol. The van der Waals surface area contributed by atoms with Crippen molar-refractivity contribution in [2.45, 2.75) is 110 Å². The number of carboxylic acid groups (broad SMARTS) is 1. The SMILES string of the molecule is CC(=O)O.COC1(O[C@H]2CC[C@H]3[C@@H]4C[C@H](C)C5=CC(=O)CC[C@]5(CO)[C@H]4CC[C@]23C)CCCCC1. The molecule has 0 aromatic rings. The van der Waals surface area contributed by atoms with E-state index in [4.69, 9.17) is 19.4 Å². The summed E-state index contributed by atoms with van der Waals surface area (Å²) >= 11 is 0. The first-order valence-electron chi connectivity index (χ1n) is 13.9. The lowest BCUT2D eigenvalue weighted by molar-refractivity contribution is -0.280. The summed E-state index contributed by atoms with van der Waals surface area (Å²) in [5, 5.41) is 18.1. The Hall–Kier alpha value is -1.24. The highest BCUT2D eigenvalue weighted by Gasteiger charge is 2.62. The van der Waals surface area contributed by atoms with Crippen LogP contribution in [0.15, 0.2) is 11.6 Å². The summed E-state index contributed by atoms with van der Waals surface area (Å²) in [6.45, 7) is 6.07. The second-order valence-electron chi connectivity index (χ2n) is 12.3. The lowest BCUT2D eigenvalue weighted by atomic mass is 9.45. The standard InChI is InChI=1S/C27H42O4.C2H4O2/c1-18-15-20-21-7-8-24(31-27(30-3)11-5-4-6-12-27)25(21,2)13-10-22(20)26(17-28)14-9-19(29)16-23(18)26;1-2(3)4/h16,18,20-22,24,28H,4-15,17H2,1-3H3;1H3,(H,3,4)/t18-,20-,21-,22-,24-,25-,26-;/m0./s1. The van der Waals surface area contributed by atoms with Crippen LogP contribution in [0.2, 0.25) is 0 Å². The second-order valence-corrected chi connectivity index (χ2v) is 12.3. The molecule has 35 heavy (non-hydrogen) atoms. The molecule has 4 fully saturated rings. The zero-order valence-electron chi connectivity index (χ0n) is 22.2. The molecule has 5 rings (SSSR count). The zero-order chi connectivity index (χ0) is 25.4. The molecule has 0 unspecified atom stereocenters. The number of ketones is 1. The molecule has 0 aromatic heterocycles. The van der Waals surface area contributed by atoms with Gasteiger partial charge in [0.15, 0.2) is 11.6 Å². The highest BCUT2D eigenvalue weighted by Crippen LogP contribution is 2.67. The highest BCUT2D eigenvalue weighted by atomic mass is 16.7. The molecule has 0 bridgehead atoms. The predicted molar refractivity (Wildman–Crippen MR) is 134 cm³/mol. The van der Waals surface area contributed by atoms with Gasteiger partial charge in [0, 0.05) is 38.7 Å². The van der Waals surface area contributed by atoms with Gasteiger partial charge in [-0.2, -0.15) is 0 Å². The number of hydrogen-bond acceptors (Lipinski definition) is 5. The molecule has 6 heteroatoms. The molecule has 0 aromatic carbocycles. The van der Waals surface area contributed by atoms with Crippen molar-refractivity contribution in [3.8, 4) is 0 Å². The van der Waals surface area contributed by atoms with Crippen molar-refractivity contribution in [1.29, 1.82) is 0 Å². The van der Waals surface area contributed by atoms with Gasteiger partial charge in [-0.3, -0.25) is 9.59 Å². The first kappa shape index (κ1) is 26.8. The maximum absolute atomic E-state index is 12.2. The van der Waals surface area contributed by atoms with Gasteiger partial charge in [0.2, 0.25) is 0 Å². The largest absolute Gasteiger partial charge is 0.481 e. The van der Waals surface area contributed by atoms with Crippen LogP contribution >= 0.6 is 0 Å². The minimum absolute atomic E-state index is 0.159. The second kappa shape index (κ2) is 10.3. The quantitative estimate of drug-likeness (QED) is 0.504. The van der Waals surface area contributed by atoms with Crippen LogP contribution in [0.5, 0.6) is 0 Å². The van der Waals surface area contributed by atoms with Gasteiger partial charge in [-0.25, -0.2) is 0 Å². The van der Waals surface area contributed by atoms with Crippen LogP contribution in [0.25, 0.3) is 0 Å². The number of carboxylic acids is 1. The number of carbonyl (C=O) groups is 2. The third-order valence-electron chi connectivity index (χ3n) is 10.6. The maximum Gasteiger partial charge on any atom is 0.300 e. The van der Waals surface area contributed by atoms with Crippen molar-refractivity contribution in [2.75, 3.05) is 13.7 Å². The van der Waals surface area contributed by atoms with E-state index in [1.54, 1.807) is 0 Å². The molecule has 0 saturated heterocycles. The van der Waals surface area contributed by atoms with Crippen molar-refractivity contribution in [3.05, 3.63) is 11.6 Å². The third kappa shape index (κ3) is 4.75. The van der Waals surface area contributed by atoms with E-state index in [9.17, 15) is 9.90 Å². The molecule has 0 spiro atoms. The number of aliphatic hydroxyl groups is 1. The fourth-order valence-electron chi connectivity index (χ4n) is 8.90. The Balaban J connectivity index is 0.000000672. The van der Waals surface area contributed by atoms with E-state index >= 15 is 0 Å². The Labute approximate surface area is 210 Å². The molecular weight excluding hydrogens is 444 g/mol. The van der Waals surface area contributed by atoms with E-state index in [1.165, 1.54) is 37.7 Å². The summed E-state index contributed by atoms with van der Waals surface area (Å²) in [6.07, 6.45) is 15.2. The van der Waals surface area contributed by atoms with Crippen molar-refractivity contribution in [2.24, 2.45) is 34.5 Å². The van der Waals surface area contributed by atoms with Crippen LogP contribution in [-0.4, -0.2) is 47.6 Å². The van der Waals surface area contributed by atoms with Crippen LogP contribution in [0.1, 0.15) is 97.8 Å². The molecule has 0 amide bonds. The number of fused-ring (bicyclic) bond motifs is 5. The number of rotatable bonds is 4. The summed E-state index contributed by atoms with van der Waals surface area (Å²) in [6, 6.07) is 0. The van der Waals surface area contributed by atoms with Crippen LogP contribution < -0.4 is 0 Å².